The molecule has 0 saturated heterocycles. The largest absolute Gasteiger partial charge is 0.478 e. The SMILES string of the molecule is O=C(O)C=C[S]. The molecule has 0 aromatic rings. The number of hydrogen-bond donors (Lipinski definition) is 1. The van der Waals surface area contributed by atoms with Gasteiger partial charge in [-0.3, -0.25) is 0 Å². The minimum Gasteiger partial charge on any atom is -0.478 e. The van der Waals surface area contributed by atoms with Gasteiger partial charge in [0.1, 0.15) is 0 Å². The lowest BCUT2D eigenvalue weighted by Gasteiger charge is -1.67. The number of rotatable bonds is 1. The molecule has 0 saturated carbocycles. The molecule has 0 aliphatic rings. The Balaban J connectivity index is 3.30. The molecule has 0 rings (SSSR count). The van der Waals surface area contributed by atoms with E-state index < -0.39 is 5.97 Å². The number of carboxylic acids is 1. The van der Waals surface area contributed by atoms with E-state index in [4.69, 9.17) is 5.11 Å². The van der Waals surface area contributed by atoms with Gasteiger partial charge in [-0.1, -0.05) is 12.6 Å². The van der Waals surface area contributed by atoms with Gasteiger partial charge in [-0.2, -0.15) is 0 Å². The number of aliphatic carboxylic acids is 1. The van der Waals surface area contributed by atoms with Crippen molar-refractivity contribution in [3.05, 3.63) is 11.5 Å². The Hall–Kier alpha value is -0.570. The Bertz CT molecular complexity index is 76.9. The van der Waals surface area contributed by atoms with Crippen molar-refractivity contribution in [1.29, 1.82) is 0 Å². The Morgan fingerprint density at radius 1 is 1.83 bits per heavy atom. The first-order chi connectivity index (χ1) is 2.77. The van der Waals surface area contributed by atoms with Gasteiger partial charge in [0, 0.05) is 11.5 Å². The lowest BCUT2D eigenvalue weighted by molar-refractivity contribution is -0.131. The standard InChI is InChI=1S/C3H3O2S/c4-3(5)1-2-6/h1-2H,(H,4,5). The van der Waals surface area contributed by atoms with Crippen LogP contribution in [0.1, 0.15) is 0 Å². The smallest absolute Gasteiger partial charge is 0.329 e. The zero-order chi connectivity index (χ0) is 4.99. The highest BCUT2D eigenvalue weighted by atomic mass is 32.1. The summed E-state index contributed by atoms with van der Waals surface area (Å²) >= 11 is 4.17. The van der Waals surface area contributed by atoms with E-state index in [0.29, 0.717) is 0 Å². The minimum absolute atomic E-state index is 0.898. The molecule has 0 unspecified atom stereocenters. The van der Waals surface area contributed by atoms with Gasteiger partial charge in [0.15, 0.2) is 0 Å². The minimum atomic E-state index is -0.995. The third-order valence-electron chi connectivity index (χ3n) is 0.211. The lowest BCUT2D eigenvalue weighted by Crippen LogP contribution is -1.83. The van der Waals surface area contributed by atoms with Gasteiger partial charge < -0.3 is 5.11 Å². The average molecular weight is 103 g/mol. The summed E-state index contributed by atoms with van der Waals surface area (Å²) in [6.45, 7) is 0. The third-order valence-corrected chi connectivity index (χ3v) is 0.347. The molecular weight excluding hydrogens is 100 g/mol. The Morgan fingerprint density at radius 2 is 2.33 bits per heavy atom. The number of hydrogen-bond acceptors (Lipinski definition) is 1. The second-order valence-corrected chi connectivity index (χ2v) is 0.913. The molecule has 6 heavy (non-hydrogen) atoms. The first kappa shape index (κ1) is 5.43. The molecule has 0 atom stereocenters. The van der Waals surface area contributed by atoms with E-state index in [0.717, 1.165) is 11.5 Å². The first-order valence-electron chi connectivity index (χ1n) is 1.29. The topological polar surface area (TPSA) is 37.3 Å². The van der Waals surface area contributed by atoms with Crippen LogP contribution in [0.5, 0.6) is 0 Å². The molecule has 0 bridgehead atoms. The van der Waals surface area contributed by atoms with Crippen molar-refractivity contribution in [2.75, 3.05) is 0 Å². The predicted octanol–water partition coefficient (Wildman–Crippen LogP) is 0.782. The third kappa shape index (κ3) is 3.43. The molecular formula is C3H3O2S. The fourth-order valence-electron chi connectivity index (χ4n) is 0.0582. The van der Waals surface area contributed by atoms with Crippen molar-refractivity contribution < 1.29 is 9.90 Å². The van der Waals surface area contributed by atoms with Crippen molar-refractivity contribution in [2.24, 2.45) is 0 Å². The molecule has 0 fully saturated rings. The van der Waals surface area contributed by atoms with Gasteiger partial charge in [0.2, 0.25) is 0 Å². The normalized spacial score (nSPS) is 9.33. The van der Waals surface area contributed by atoms with E-state index in [2.05, 4.69) is 12.6 Å². The van der Waals surface area contributed by atoms with E-state index in [1.807, 2.05) is 0 Å². The fraction of sp³-hybridized carbons (Fsp3) is 0. The van der Waals surface area contributed by atoms with Crippen LogP contribution in [-0.4, -0.2) is 11.1 Å². The van der Waals surface area contributed by atoms with Gasteiger partial charge in [0.25, 0.3) is 0 Å². The number of carbonyl (C=O) groups is 1. The maximum absolute atomic E-state index is 9.45. The van der Waals surface area contributed by atoms with Gasteiger partial charge >= 0.3 is 5.97 Å². The summed E-state index contributed by atoms with van der Waals surface area (Å²) in [4.78, 5) is 9.45. The maximum atomic E-state index is 9.45. The van der Waals surface area contributed by atoms with Crippen LogP contribution in [0.2, 0.25) is 0 Å². The van der Waals surface area contributed by atoms with Crippen LogP contribution in [0.25, 0.3) is 0 Å². The van der Waals surface area contributed by atoms with Crippen molar-refractivity contribution in [3.8, 4) is 0 Å². The summed E-state index contributed by atoms with van der Waals surface area (Å²) in [7, 11) is 0. The molecule has 3 heteroatoms. The van der Waals surface area contributed by atoms with Crippen LogP contribution in [0.3, 0.4) is 0 Å². The Labute approximate surface area is 40.9 Å². The van der Waals surface area contributed by atoms with Crippen molar-refractivity contribution in [1.82, 2.24) is 0 Å². The van der Waals surface area contributed by atoms with Crippen LogP contribution in [-0.2, 0) is 4.79 Å². The molecule has 0 aromatic heterocycles. The molecule has 0 aliphatic carbocycles. The second kappa shape index (κ2) is 2.66. The average Bonchev–Trinajstić information content (AvgIpc) is 1.35. The van der Waals surface area contributed by atoms with Crippen LogP contribution < -0.4 is 0 Å². The van der Waals surface area contributed by atoms with Crippen LogP contribution in [0, 0.1) is 0 Å². The molecule has 0 amide bonds. The summed E-state index contributed by atoms with van der Waals surface area (Å²) in [5, 5.41) is 8.82. The molecule has 2 nitrogen and oxygen atoms in total. The molecule has 0 aliphatic heterocycles. The van der Waals surface area contributed by atoms with E-state index in [-0.39, 0.29) is 0 Å². The Kier molecular flexibility index (Phi) is 2.40. The van der Waals surface area contributed by atoms with Crippen LogP contribution in [0.15, 0.2) is 11.5 Å². The summed E-state index contributed by atoms with van der Waals surface area (Å²) in [6, 6.07) is 0. The van der Waals surface area contributed by atoms with Gasteiger partial charge in [-0.25, -0.2) is 4.79 Å². The van der Waals surface area contributed by atoms with Crippen molar-refractivity contribution in [3.63, 3.8) is 0 Å². The van der Waals surface area contributed by atoms with E-state index in [1.165, 1.54) is 0 Å². The summed E-state index contributed by atoms with van der Waals surface area (Å²) in [6.07, 6.45) is 0.898. The highest BCUT2D eigenvalue weighted by molar-refractivity contribution is 7.83. The quantitative estimate of drug-likeness (QED) is 0.498. The van der Waals surface area contributed by atoms with Crippen LogP contribution in [0.4, 0.5) is 0 Å². The molecule has 0 aromatic carbocycles. The highest BCUT2D eigenvalue weighted by Gasteiger charge is 1.77. The zero-order valence-corrected chi connectivity index (χ0v) is 3.73. The summed E-state index contributed by atoms with van der Waals surface area (Å²) in [5.74, 6) is -0.995. The van der Waals surface area contributed by atoms with Crippen molar-refractivity contribution >= 4 is 18.6 Å². The van der Waals surface area contributed by atoms with Crippen LogP contribution >= 0.6 is 12.6 Å². The Morgan fingerprint density at radius 3 is 2.33 bits per heavy atom. The van der Waals surface area contributed by atoms with Crippen molar-refractivity contribution in [2.45, 2.75) is 0 Å². The molecule has 33 valence electrons. The van der Waals surface area contributed by atoms with E-state index >= 15 is 0 Å². The summed E-state index contributed by atoms with van der Waals surface area (Å²) in [5.41, 5.74) is 0. The molecule has 1 N–H and O–H groups in total. The molecule has 0 heterocycles. The fourth-order valence-corrected chi connectivity index (χ4v) is 0.175. The van der Waals surface area contributed by atoms with Gasteiger partial charge in [-0.15, -0.1) is 0 Å². The summed E-state index contributed by atoms with van der Waals surface area (Å²) < 4.78 is 0. The first-order valence-corrected chi connectivity index (χ1v) is 1.76. The van der Waals surface area contributed by atoms with Gasteiger partial charge in [0.05, 0.1) is 0 Å². The zero-order valence-electron chi connectivity index (χ0n) is 2.92. The second-order valence-electron chi connectivity index (χ2n) is 0.641. The molecule has 0 spiro atoms. The monoisotopic (exact) mass is 103 g/mol. The van der Waals surface area contributed by atoms with Gasteiger partial charge in [-0.05, 0) is 0 Å². The van der Waals surface area contributed by atoms with E-state index in [1.54, 1.807) is 0 Å². The number of carboxylic acid groups (broad SMARTS) is 1. The lowest BCUT2D eigenvalue weighted by atomic mass is 10.7. The highest BCUT2D eigenvalue weighted by Crippen LogP contribution is 1.73. The molecule has 1 radical (unpaired) electrons. The predicted molar refractivity (Wildman–Crippen MR) is 24.4 cm³/mol. The maximum Gasteiger partial charge on any atom is 0.329 e. The van der Waals surface area contributed by atoms with E-state index in [9.17, 15) is 4.79 Å².